The first-order valence-corrected chi connectivity index (χ1v) is 2.41. The van der Waals surface area contributed by atoms with Gasteiger partial charge in [-0.1, -0.05) is 0 Å². The summed E-state index contributed by atoms with van der Waals surface area (Å²) in [6, 6.07) is 0. The van der Waals surface area contributed by atoms with Crippen LogP contribution in [0.4, 0.5) is 0 Å². The van der Waals surface area contributed by atoms with Crippen LogP contribution in [0.5, 0.6) is 0 Å². The molecule has 1 aromatic heterocycles. The first-order chi connectivity index (χ1) is 3.79. The first kappa shape index (κ1) is 5.22. The minimum atomic E-state index is 0.775. The van der Waals surface area contributed by atoms with Crippen LogP contribution in [0.2, 0.25) is 0 Å². The molecule has 0 saturated carbocycles. The second-order valence-corrected chi connectivity index (χ2v) is 1.58. The second-order valence-electron chi connectivity index (χ2n) is 1.58. The van der Waals surface area contributed by atoms with Crippen LogP contribution in [0.15, 0.2) is 6.33 Å². The van der Waals surface area contributed by atoms with Gasteiger partial charge >= 0.3 is 0 Å². The van der Waals surface area contributed by atoms with Crippen molar-refractivity contribution >= 4 is 13.6 Å². The molecule has 1 heterocycles. The van der Waals surface area contributed by atoms with Gasteiger partial charge in [0.2, 0.25) is 0 Å². The van der Waals surface area contributed by atoms with Gasteiger partial charge in [0.25, 0.3) is 0 Å². The van der Waals surface area contributed by atoms with Crippen molar-refractivity contribution in [2.24, 2.45) is 0 Å². The number of hydrogen-bond acceptors (Lipinski definition) is 3. The maximum Gasteiger partial charge on any atom is 0.189 e. The van der Waals surface area contributed by atoms with Crippen LogP contribution in [-0.2, 0) is 0 Å². The Morgan fingerprint density at radius 3 is 2.62 bits per heavy atom. The maximum atomic E-state index is 3.95. The van der Waals surface area contributed by atoms with Gasteiger partial charge in [-0.05, 0) is 6.92 Å². The molecule has 0 aliphatic rings. The molecule has 0 spiro atoms. The van der Waals surface area contributed by atoms with E-state index in [1.54, 1.807) is 0 Å². The van der Waals surface area contributed by atoms with Gasteiger partial charge in [0.1, 0.15) is 12.2 Å². The summed E-state index contributed by atoms with van der Waals surface area (Å²) in [5.74, 6) is 0.775. The summed E-state index contributed by atoms with van der Waals surface area (Å²) in [4.78, 5) is 11.6. The zero-order valence-corrected chi connectivity index (χ0v) is 4.92. The van der Waals surface area contributed by atoms with Crippen LogP contribution < -0.4 is 5.72 Å². The molecule has 0 aromatic carbocycles. The Labute approximate surface area is 48.6 Å². The molecule has 4 heteroatoms. The molecule has 0 amide bonds. The lowest BCUT2D eigenvalue weighted by molar-refractivity contribution is 1.01. The van der Waals surface area contributed by atoms with E-state index in [4.69, 9.17) is 0 Å². The van der Waals surface area contributed by atoms with E-state index in [0.29, 0.717) is 0 Å². The lowest BCUT2D eigenvalue weighted by atomic mass is 10.1. The number of aromatic nitrogens is 3. The molecular formula is C4H6BN3. The van der Waals surface area contributed by atoms with E-state index in [1.165, 1.54) is 6.33 Å². The fourth-order valence-electron chi connectivity index (χ4n) is 0.488. The Kier molecular flexibility index (Phi) is 1.24. The summed E-state index contributed by atoms with van der Waals surface area (Å²) >= 11 is 0. The first-order valence-electron chi connectivity index (χ1n) is 2.41. The molecule has 1 aromatic rings. The van der Waals surface area contributed by atoms with Crippen LogP contribution in [-0.4, -0.2) is 22.8 Å². The number of nitrogens with zero attached hydrogens (tertiary/aromatic N) is 3. The van der Waals surface area contributed by atoms with E-state index < -0.39 is 0 Å². The zero-order chi connectivity index (χ0) is 5.98. The maximum absolute atomic E-state index is 3.95. The van der Waals surface area contributed by atoms with Crippen molar-refractivity contribution in [2.75, 3.05) is 0 Å². The van der Waals surface area contributed by atoms with Crippen molar-refractivity contribution in [3.8, 4) is 0 Å². The summed E-state index contributed by atoms with van der Waals surface area (Å²) in [6.45, 7) is 1.84. The van der Waals surface area contributed by atoms with E-state index in [-0.39, 0.29) is 0 Å². The van der Waals surface area contributed by atoms with E-state index in [1.807, 2.05) is 14.8 Å². The van der Waals surface area contributed by atoms with Gasteiger partial charge in [-0.15, -0.1) is 0 Å². The molecule has 0 bridgehead atoms. The van der Waals surface area contributed by atoms with Crippen LogP contribution in [0, 0.1) is 6.92 Å². The standard InChI is InChI=1S/C4H6BN3/c1-3-6-2-7-4(5)8-3/h2H,5H2,1H3. The van der Waals surface area contributed by atoms with Gasteiger partial charge in [-0.25, -0.2) is 15.0 Å². The lowest BCUT2D eigenvalue weighted by Gasteiger charge is -1.88. The number of aryl methyl sites for hydroxylation is 1. The Morgan fingerprint density at radius 1 is 1.50 bits per heavy atom. The average molecular weight is 107 g/mol. The quantitative estimate of drug-likeness (QED) is 0.376. The van der Waals surface area contributed by atoms with Crippen LogP contribution in [0.3, 0.4) is 0 Å². The minimum Gasteiger partial charge on any atom is -0.233 e. The van der Waals surface area contributed by atoms with Gasteiger partial charge in [0.15, 0.2) is 7.85 Å². The molecule has 0 atom stereocenters. The molecule has 0 fully saturated rings. The predicted molar refractivity (Wildman–Crippen MR) is 32.7 cm³/mol. The highest BCUT2D eigenvalue weighted by Gasteiger charge is 1.84. The monoisotopic (exact) mass is 107 g/mol. The second kappa shape index (κ2) is 1.90. The van der Waals surface area contributed by atoms with Crippen molar-refractivity contribution < 1.29 is 0 Å². The Bertz CT molecular complexity index is 171. The third kappa shape index (κ3) is 1.02. The van der Waals surface area contributed by atoms with Crippen molar-refractivity contribution in [3.05, 3.63) is 12.2 Å². The van der Waals surface area contributed by atoms with Crippen molar-refractivity contribution in [2.45, 2.75) is 6.92 Å². The number of hydrogen-bond donors (Lipinski definition) is 0. The molecule has 0 radical (unpaired) electrons. The average Bonchev–Trinajstić information content (AvgIpc) is 1.64. The normalized spacial score (nSPS) is 9.12. The van der Waals surface area contributed by atoms with Crippen molar-refractivity contribution in [3.63, 3.8) is 0 Å². The molecule has 0 saturated heterocycles. The van der Waals surface area contributed by atoms with Crippen molar-refractivity contribution in [1.29, 1.82) is 0 Å². The third-order valence-electron chi connectivity index (χ3n) is 0.813. The smallest absolute Gasteiger partial charge is 0.189 e. The summed E-state index contributed by atoms with van der Waals surface area (Å²) < 4.78 is 0. The van der Waals surface area contributed by atoms with Gasteiger partial charge in [-0.3, -0.25) is 0 Å². The van der Waals surface area contributed by atoms with Gasteiger partial charge in [0, 0.05) is 0 Å². The summed E-state index contributed by atoms with van der Waals surface area (Å²) in [5.41, 5.74) is 0.775. The summed E-state index contributed by atoms with van der Waals surface area (Å²) in [5, 5.41) is 0. The Morgan fingerprint density at radius 2 is 2.25 bits per heavy atom. The molecule has 1 rings (SSSR count). The lowest BCUT2D eigenvalue weighted by Crippen LogP contribution is -2.14. The van der Waals surface area contributed by atoms with Gasteiger partial charge in [-0.2, -0.15) is 0 Å². The SMILES string of the molecule is Bc1ncnc(C)n1. The highest BCUT2D eigenvalue weighted by molar-refractivity contribution is 6.28. The molecule has 0 unspecified atom stereocenters. The summed E-state index contributed by atoms with van der Waals surface area (Å²) in [6.07, 6.45) is 1.51. The third-order valence-corrected chi connectivity index (χ3v) is 0.813. The molecule has 8 heavy (non-hydrogen) atoms. The fourth-order valence-corrected chi connectivity index (χ4v) is 0.488. The number of rotatable bonds is 0. The van der Waals surface area contributed by atoms with Crippen LogP contribution in [0.25, 0.3) is 0 Å². The Balaban J connectivity index is 3.08. The van der Waals surface area contributed by atoms with Crippen LogP contribution in [0.1, 0.15) is 5.82 Å². The highest BCUT2D eigenvalue weighted by Crippen LogP contribution is 1.72. The van der Waals surface area contributed by atoms with E-state index in [2.05, 4.69) is 15.0 Å². The van der Waals surface area contributed by atoms with E-state index in [0.717, 1.165) is 11.5 Å². The molecular weight excluding hydrogens is 101 g/mol. The molecule has 3 nitrogen and oxygen atoms in total. The largest absolute Gasteiger partial charge is 0.233 e. The summed E-state index contributed by atoms with van der Waals surface area (Å²) in [7, 11) is 1.84. The highest BCUT2D eigenvalue weighted by atomic mass is 15.0. The van der Waals surface area contributed by atoms with E-state index in [9.17, 15) is 0 Å². The van der Waals surface area contributed by atoms with Crippen molar-refractivity contribution in [1.82, 2.24) is 15.0 Å². The topological polar surface area (TPSA) is 38.7 Å². The molecule has 0 N–H and O–H groups in total. The van der Waals surface area contributed by atoms with Gasteiger partial charge in [0.05, 0.1) is 5.72 Å². The molecule has 0 aliphatic carbocycles. The fraction of sp³-hybridized carbons (Fsp3) is 0.250. The molecule has 0 aliphatic heterocycles. The predicted octanol–water partition coefficient (Wildman–Crippen LogP) is -1.56. The zero-order valence-electron chi connectivity index (χ0n) is 4.92. The van der Waals surface area contributed by atoms with Crippen LogP contribution >= 0.6 is 0 Å². The van der Waals surface area contributed by atoms with E-state index >= 15 is 0 Å². The molecule has 40 valence electrons. The Hall–Kier alpha value is -0.925. The van der Waals surface area contributed by atoms with Gasteiger partial charge < -0.3 is 0 Å². The minimum absolute atomic E-state index is 0.775.